The number of β-amino-alcohol motifs (C(OH)–C–C–N with tert-alkyl or cyclic N) is 1. The van der Waals surface area contributed by atoms with Gasteiger partial charge in [-0.1, -0.05) is 6.07 Å². The second-order valence-electron chi connectivity index (χ2n) is 7.08. The van der Waals surface area contributed by atoms with Gasteiger partial charge in [0, 0.05) is 25.7 Å². The second kappa shape index (κ2) is 7.01. The van der Waals surface area contributed by atoms with Crippen molar-refractivity contribution in [3.8, 4) is 11.3 Å². The number of hydrogen-bond acceptors (Lipinski definition) is 5. The molecule has 1 aromatic carbocycles. The third kappa shape index (κ3) is 4.49. The van der Waals surface area contributed by atoms with Crippen molar-refractivity contribution >= 4 is 5.82 Å². The fraction of sp³-hybridized carbons (Fsp3) is 0.444. The van der Waals surface area contributed by atoms with E-state index in [0.29, 0.717) is 12.4 Å². The molecule has 5 nitrogen and oxygen atoms in total. The summed E-state index contributed by atoms with van der Waals surface area (Å²) in [5, 5.41) is 21.2. The fourth-order valence-corrected chi connectivity index (χ4v) is 3.14. The van der Waals surface area contributed by atoms with Gasteiger partial charge in [-0.25, -0.2) is 8.78 Å². The lowest BCUT2D eigenvalue weighted by atomic mass is 10.1. The molecule has 0 aliphatic carbocycles. The number of nitrogens with one attached hydrogen (secondary N) is 1. The number of halogens is 2. The van der Waals surface area contributed by atoms with Crippen LogP contribution in [0.25, 0.3) is 11.3 Å². The number of likely N-dealkylation sites (tertiary alicyclic amines) is 1. The maximum absolute atomic E-state index is 13.8. The van der Waals surface area contributed by atoms with Crippen LogP contribution in [0.15, 0.2) is 30.3 Å². The molecule has 0 bridgehead atoms. The predicted molar refractivity (Wildman–Crippen MR) is 92.1 cm³/mol. The van der Waals surface area contributed by atoms with Crippen molar-refractivity contribution in [2.75, 3.05) is 25.0 Å². The molecular weight excluding hydrogens is 326 g/mol. The van der Waals surface area contributed by atoms with Crippen molar-refractivity contribution in [1.82, 2.24) is 15.1 Å². The van der Waals surface area contributed by atoms with E-state index in [4.69, 9.17) is 0 Å². The van der Waals surface area contributed by atoms with Crippen LogP contribution in [-0.4, -0.2) is 51.5 Å². The predicted octanol–water partition coefficient (Wildman–Crippen LogP) is 2.68. The van der Waals surface area contributed by atoms with E-state index in [1.54, 1.807) is 26.0 Å². The Morgan fingerprint density at radius 2 is 1.92 bits per heavy atom. The number of benzene rings is 1. The Hall–Kier alpha value is -2.12. The molecule has 2 heterocycles. The minimum Gasteiger partial charge on any atom is -0.389 e. The lowest BCUT2D eigenvalue weighted by Crippen LogP contribution is -2.38. The highest BCUT2D eigenvalue weighted by molar-refractivity contribution is 5.61. The van der Waals surface area contributed by atoms with Crippen LogP contribution in [0.4, 0.5) is 14.6 Å². The van der Waals surface area contributed by atoms with Gasteiger partial charge in [0.2, 0.25) is 0 Å². The number of aliphatic hydroxyl groups is 1. The van der Waals surface area contributed by atoms with Gasteiger partial charge in [-0.15, -0.1) is 10.2 Å². The van der Waals surface area contributed by atoms with Crippen LogP contribution in [-0.2, 0) is 0 Å². The highest BCUT2D eigenvalue weighted by Gasteiger charge is 2.27. The van der Waals surface area contributed by atoms with Gasteiger partial charge in [-0.3, -0.25) is 4.90 Å². The molecule has 0 radical (unpaired) electrons. The van der Waals surface area contributed by atoms with Crippen molar-refractivity contribution in [1.29, 1.82) is 0 Å². The Morgan fingerprint density at radius 3 is 2.52 bits per heavy atom. The molecule has 2 aromatic rings. The molecule has 7 heteroatoms. The van der Waals surface area contributed by atoms with Gasteiger partial charge in [0.05, 0.1) is 16.9 Å². The molecule has 0 unspecified atom stereocenters. The summed E-state index contributed by atoms with van der Waals surface area (Å²) in [7, 11) is 0. The summed E-state index contributed by atoms with van der Waals surface area (Å²) in [5.74, 6) is -0.753. The molecule has 2 N–H and O–H groups in total. The molecule has 0 amide bonds. The molecule has 1 aliphatic heterocycles. The van der Waals surface area contributed by atoms with Gasteiger partial charge in [-0.2, -0.15) is 0 Å². The quantitative estimate of drug-likeness (QED) is 0.870. The maximum atomic E-state index is 13.8. The summed E-state index contributed by atoms with van der Waals surface area (Å²) in [6.07, 6.45) is 0.932. The zero-order valence-electron chi connectivity index (χ0n) is 14.3. The van der Waals surface area contributed by atoms with E-state index in [0.717, 1.165) is 19.5 Å². The molecule has 1 atom stereocenters. The maximum Gasteiger partial charge on any atom is 0.148 e. The smallest absolute Gasteiger partial charge is 0.148 e. The Labute approximate surface area is 145 Å². The highest BCUT2D eigenvalue weighted by Crippen LogP contribution is 2.24. The van der Waals surface area contributed by atoms with Crippen molar-refractivity contribution in [2.24, 2.45) is 0 Å². The minimum atomic E-state index is -0.722. The summed E-state index contributed by atoms with van der Waals surface area (Å²) in [6.45, 7) is 5.89. The van der Waals surface area contributed by atoms with Gasteiger partial charge < -0.3 is 10.4 Å². The molecule has 1 saturated heterocycles. The standard InChI is InChI=1S/C18H22F2N4O/c1-18(2,25)11-24-9-8-12(10-24)21-16-7-6-15(22-23-16)17-13(19)4-3-5-14(17)20/h3-7,12,25H,8-11H2,1-2H3,(H,21,23)/t12-/m0/s1. The van der Waals surface area contributed by atoms with E-state index in [9.17, 15) is 13.9 Å². The zero-order chi connectivity index (χ0) is 18.0. The SMILES string of the molecule is CC(C)(O)CN1CC[C@H](Nc2ccc(-c3c(F)cccc3F)nn2)C1. The second-order valence-corrected chi connectivity index (χ2v) is 7.08. The van der Waals surface area contributed by atoms with Crippen LogP contribution in [0.1, 0.15) is 20.3 Å². The molecule has 134 valence electrons. The van der Waals surface area contributed by atoms with Gasteiger partial charge in [0.15, 0.2) is 0 Å². The van der Waals surface area contributed by atoms with Crippen LogP contribution in [0.3, 0.4) is 0 Å². The molecule has 0 spiro atoms. The first kappa shape index (κ1) is 17.7. The number of aromatic nitrogens is 2. The molecule has 1 aromatic heterocycles. The van der Waals surface area contributed by atoms with Gasteiger partial charge in [0.1, 0.15) is 17.5 Å². The molecule has 0 saturated carbocycles. The van der Waals surface area contributed by atoms with Crippen LogP contribution in [0.2, 0.25) is 0 Å². The van der Waals surface area contributed by atoms with Crippen LogP contribution < -0.4 is 5.32 Å². The average Bonchev–Trinajstić information content (AvgIpc) is 2.93. The third-order valence-corrected chi connectivity index (χ3v) is 4.12. The Kier molecular flexibility index (Phi) is 4.96. The van der Waals surface area contributed by atoms with Crippen molar-refractivity contribution in [2.45, 2.75) is 31.9 Å². The zero-order valence-corrected chi connectivity index (χ0v) is 14.3. The molecule has 25 heavy (non-hydrogen) atoms. The summed E-state index contributed by atoms with van der Waals surface area (Å²) in [4.78, 5) is 2.19. The summed E-state index contributed by atoms with van der Waals surface area (Å²) in [5.41, 5.74) is -0.727. The topological polar surface area (TPSA) is 61.3 Å². The van der Waals surface area contributed by atoms with Crippen LogP contribution in [0, 0.1) is 11.6 Å². The minimum absolute atomic E-state index is 0.163. The summed E-state index contributed by atoms with van der Waals surface area (Å²) in [6, 6.07) is 7.14. The third-order valence-electron chi connectivity index (χ3n) is 4.12. The highest BCUT2D eigenvalue weighted by atomic mass is 19.1. The molecule has 3 rings (SSSR count). The first-order valence-electron chi connectivity index (χ1n) is 8.31. The molecule has 1 aliphatic rings. The van der Waals surface area contributed by atoms with Gasteiger partial charge >= 0.3 is 0 Å². The average molecular weight is 348 g/mol. The number of anilines is 1. The lowest BCUT2D eigenvalue weighted by Gasteiger charge is -2.25. The number of nitrogens with zero attached hydrogens (tertiary/aromatic N) is 3. The van der Waals surface area contributed by atoms with Crippen LogP contribution >= 0.6 is 0 Å². The van der Waals surface area contributed by atoms with Gasteiger partial charge in [-0.05, 0) is 44.5 Å². The monoisotopic (exact) mass is 348 g/mol. The normalized spacial score (nSPS) is 18.5. The Morgan fingerprint density at radius 1 is 1.20 bits per heavy atom. The van der Waals surface area contributed by atoms with E-state index in [-0.39, 0.29) is 17.3 Å². The van der Waals surface area contributed by atoms with E-state index in [2.05, 4.69) is 20.4 Å². The van der Waals surface area contributed by atoms with Crippen molar-refractivity contribution in [3.05, 3.63) is 42.0 Å². The lowest BCUT2D eigenvalue weighted by molar-refractivity contribution is 0.0437. The Bertz CT molecular complexity index is 711. The molecular formula is C18H22F2N4O. The van der Waals surface area contributed by atoms with Crippen LogP contribution in [0.5, 0.6) is 0 Å². The van der Waals surface area contributed by atoms with E-state index < -0.39 is 17.2 Å². The first-order valence-corrected chi connectivity index (χ1v) is 8.31. The fourth-order valence-electron chi connectivity index (χ4n) is 3.14. The van der Waals surface area contributed by atoms with Crippen molar-refractivity contribution < 1.29 is 13.9 Å². The summed E-state index contributed by atoms with van der Waals surface area (Å²) < 4.78 is 27.6. The largest absolute Gasteiger partial charge is 0.389 e. The van der Waals surface area contributed by atoms with Gasteiger partial charge in [0.25, 0.3) is 0 Å². The van der Waals surface area contributed by atoms with Crippen molar-refractivity contribution in [3.63, 3.8) is 0 Å². The number of rotatable bonds is 5. The van der Waals surface area contributed by atoms with E-state index in [1.165, 1.54) is 18.2 Å². The first-order chi connectivity index (χ1) is 11.8. The molecule has 1 fully saturated rings. The summed E-state index contributed by atoms with van der Waals surface area (Å²) >= 11 is 0. The van der Waals surface area contributed by atoms with E-state index >= 15 is 0 Å². The van der Waals surface area contributed by atoms with E-state index in [1.807, 2.05) is 0 Å². The Balaban J connectivity index is 1.64. The number of hydrogen-bond donors (Lipinski definition) is 2.